The first-order valence-electron chi connectivity index (χ1n) is 8.68. The van der Waals surface area contributed by atoms with Crippen LogP contribution in [0.3, 0.4) is 0 Å². The molecule has 0 atom stereocenters. The van der Waals surface area contributed by atoms with Crippen LogP contribution in [0.4, 0.5) is 0 Å². The summed E-state index contributed by atoms with van der Waals surface area (Å²) >= 11 is 0. The van der Waals surface area contributed by atoms with E-state index in [1.807, 2.05) is 0 Å². The van der Waals surface area contributed by atoms with E-state index in [0.717, 1.165) is 25.8 Å². The highest BCUT2D eigenvalue weighted by atomic mass is 16.2. The molecule has 2 N–H and O–H groups in total. The molecule has 2 aliphatic rings. The largest absolute Gasteiger partial charge is 0.339 e. The first-order chi connectivity index (χ1) is 9.67. The van der Waals surface area contributed by atoms with Gasteiger partial charge in [0.2, 0.25) is 5.91 Å². The van der Waals surface area contributed by atoms with Gasteiger partial charge in [-0.1, -0.05) is 45.4 Å². The van der Waals surface area contributed by atoms with Crippen molar-refractivity contribution in [2.75, 3.05) is 13.1 Å². The van der Waals surface area contributed by atoms with Crippen molar-refractivity contribution in [1.29, 1.82) is 0 Å². The Morgan fingerprint density at radius 1 is 1.10 bits per heavy atom. The number of carbonyl (C=O) groups excluding carboxylic acids is 1. The first-order valence-corrected chi connectivity index (χ1v) is 8.68. The number of hydrogen-bond acceptors (Lipinski definition) is 2. The minimum atomic E-state index is -0.0824. The quantitative estimate of drug-likeness (QED) is 0.784. The second kappa shape index (κ2) is 7.44. The monoisotopic (exact) mass is 280 g/mol. The van der Waals surface area contributed by atoms with Gasteiger partial charge in [-0.3, -0.25) is 4.79 Å². The normalized spacial score (nSPS) is 23.5. The van der Waals surface area contributed by atoms with Gasteiger partial charge >= 0.3 is 0 Å². The molecule has 2 rings (SSSR count). The summed E-state index contributed by atoms with van der Waals surface area (Å²) in [5.74, 6) is 0.426. The van der Waals surface area contributed by atoms with Gasteiger partial charge in [0, 0.05) is 18.0 Å². The molecule has 116 valence electrons. The van der Waals surface area contributed by atoms with Crippen molar-refractivity contribution < 1.29 is 4.79 Å². The van der Waals surface area contributed by atoms with Crippen molar-refractivity contribution >= 4 is 5.91 Å². The molecule has 0 aromatic rings. The Bertz CT molecular complexity index is 302. The smallest absolute Gasteiger partial charge is 0.228 e. The van der Waals surface area contributed by atoms with E-state index in [2.05, 4.69) is 11.8 Å². The highest BCUT2D eigenvalue weighted by Gasteiger charge is 2.40. The van der Waals surface area contributed by atoms with Gasteiger partial charge in [0.05, 0.1) is 0 Å². The molecule has 0 heterocycles. The summed E-state index contributed by atoms with van der Waals surface area (Å²) in [4.78, 5) is 15.3. The Morgan fingerprint density at radius 2 is 1.70 bits per heavy atom. The lowest BCUT2D eigenvalue weighted by Gasteiger charge is -2.37. The van der Waals surface area contributed by atoms with Crippen LogP contribution in [0.2, 0.25) is 0 Å². The van der Waals surface area contributed by atoms with Crippen LogP contribution < -0.4 is 5.73 Å². The van der Waals surface area contributed by atoms with E-state index < -0.39 is 0 Å². The molecule has 20 heavy (non-hydrogen) atoms. The number of carbonyl (C=O) groups is 1. The molecule has 0 aliphatic heterocycles. The predicted molar refractivity (Wildman–Crippen MR) is 83.4 cm³/mol. The van der Waals surface area contributed by atoms with Crippen LogP contribution in [0.15, 0.2) is 0 Å². The second-order valence-electron chi connectivity index (χ2n) is 7.05. The number of amides is 1. The van der Waals surface area contributed by atoms with Gasteiger partial charge in [0.1, 0.15) is 0 Å². The fraction of sp³-hybridized carbons (Fsp3) is 0.941. The van der Waals surface area contributed by atoms with Gasteiger partial charge in [-0.25, -0.2) is 0 Å². The van der Waals surface area contributed by atoms with Crippen LogP contribution in [0.25, 0.3) is 0 Å². The fourth-order valence-electron chi connectivity index (χ4n) is 4.00. The Morgan fingerprint density at radius 3 is 2.25 bits per heavy atom. The Hall–Kier alpha value is -0.570. The number of nitrogens with zero attached hydrogens (tertiary/aromatic N) is 1. The van der Waals surface area contributed by atoms with Crippen LogP contribution in [0.5, 0.6) is 0 Å². The van der Waals surface area contributed by atoms with E-state index in [-0.39, 0.29) is 5.41 Å². The summed E-state index contributed by atoms with van der Waals surface area (Å²) in [5.41, 5.74) is 5.60. The maximum absolute atomic E-state index is 13.1. The fourth-order valence-corrected chi connectivity index (χ4v) is 4.00. The van der Waals surface area contributed by atoms with Crippen molar-refractivity contribution in [3.8, 4) is 0 Å². The SMILES string of the molecule is CC1(C(=O)N(CCCN)C2CCCCCC2)CCCC1. The number of hydrogen-bond donors (Lipinski definition) is 1. The maximum atomic E-state index is 13.1. The topological polar surface area (TPSA) is 46.3 Å². The summed E-state index contributed by atoms with van der Waals surface area (Å²) in [5, 5.41) is 0. The highest BCUT2D eigenvalue weighted by Crippen LogP contribution is 2.40. The average Bonchev–Trinajstić information content (AvgIpc) is 2.74. The summed E-state index contributed by atoms with van der Waals surface area (Å²) in [6.07, 6.45) is 13.2. The van der Waals surface area contributed by atoms with Crippen LogP contribution in [0.1, 0.15) is 77.6 Å². The Balaban J connectivity index is 2.06. The second-order valence-corrected chi connectivity index (χ2v) is 7.05. The van der Waals surface area contributed by atoms with Gasteiger partial charge in [-0.05, 0) is 38.6 Å². The van der Waals surface area contributed by atoms with Crippen molar-refractivity contribution in [1.82, 2.24) is 4.90 Å². The standard InChI is InChI=1S/C17H32N2O/c1-17(11-6-7-12-17)16(20)19(14-8-13-18)15-9-4-2-3-5-10-15/h15H,2-14,18H2,1H3. The minimum absolute atomic E-state index is 0.0824. The molecule has 3 nitrogen and oxygen atoms in total. The van der Waals surface area contributed by atoms with Crippen LogP contribution in [-0.4, -0.2) is 29.9 Å². The molecule has 0 aromatic carbocycles. The third kappa shape index (κ3) is 3.75. The average molecular weight is 280 g/mol. The summed E-state index contributed by atoms with van der Waals surface area (Å²) < 4.78 is 0. The number of nitrogens with two attached hydrogens (primary N) is 1. The third-order valence-corrected chi connectivity index (χ3v) is 5.35. The molecule has 0 radical (unpaired) electrons. The molecular weight excluding hydrogens is 248 g/mol. The lowest BCUT2D eigenvalue weighted by Crippen LogP contribution is -2.47. The summed E-state index contributed by atoms with van der Waals surface area (Å²) in [6, 6.07) is 0.481. The zero-order valence-corrected chi connectivity index (χ0v) is 13.2. The van der Waals surface area contributed by atoms with Gasteiger partial charge in [0.25, 0.3) is 0 Å². The van der Waals surface area contributed by atoms with Crippen molar-refractivity contribution in [2.45, 2.75) is 83.6 Å². The van der Waals surface area contributed by atoms with Crippen molar-refractivity contribution in [3.05, 3.63) is 0 Å². The van der Waals surface area contributed by atoms with Crippen LogP contribution in [0, 0.1) is 5.41 Å². The van der Waals surface area contributed by atoms with E-state index in [1.165, 1.54) is 51.4 Å². The van der Waals surface area contributed by atoms with E-state index in [9.17, 15) is 4.79 Å². The minimum Gasteiger partial charge on any atom is -0.339 e. The Kier molecular flexibility index (Phi) is 5.88. The van der Waals surface area contributed by atoms with Gasteiger partial charge in [-0.2, -0.15) is 0 Å². The molecule has 2 aliphatic carbocycles. The first kappa shape index (κ1) is 15.8. The maximum Gasteiger partial charge on any atom is 0.228 e. The molecular formula is C17H32N2O. The molecule has 0 saturated heterocycles. The summed E-state index contributed by atoms with van der Waals surface area (Å²) in [6.45, 7) is 3.75. The van der Waals surface area contributed by atoms with Crippen molar-refractivity contribution in [3.63, 3.8) is 0 Å². The molecule has 0 aromatic heterocycles. The van der Waals surface area contributed by atoms with E-state index in [4.69, 9.17) is 5.73 Å². The molecule has 2 fully saturated rings. The molecule has 0 bridgehead atoms. The lowest BCUT2D eigenvalue weighted by atomic mass is 9.86. The van der Waals surface area contributed by atoms with Gasteiger partial charge < -0.3 is 10.6 Å². The molecule has 3 heteroatoms. The van der Waals surface area contributed by atoms with Crippen LogP contribution in [-0.2, 0) is 4.79 Å². The van der Waals surface area contributed by atoms with E-state index >= 15 is 0 Å². The zero-order valence-electron chi connectivity index (χ0n) is 13.2. The third-order valence-electron chi connectivity index (χ3n) is 5.35. The van der Waals surface area contributed by atoms with E-state index in [1.54, 1.807) is 0 Å². The van der Waals surface area contributed by atoms with Gasteiger partial charge in [0.15, 0.2) is 0 Å². The van der Waals surface area contributed by atoms with Gasteiger partial charge in [-0.15, -0.1) is 0 Å². The van der Waals surface area contributed by atoms with E-state index in [0.29, 0.717) is 18.5 Å². The molecule has 0 spiro atoms. The van der Waals surface area contributed by atoms with Crippen LogP contribution >= 0.6 is 0 Å². The molecule has 0 unspecified atom stereocenters. The zero-order chi connectivity index (χ0) is 14.4. The van der Waals surface area contributed by atoms with Crippen molar-refractivity contribution in [2.24, 2.45) is 11.1 Å². The predicted octanol–water partition coefficient (Wildman–Crippen LogP) is 3.47. The highest BCUT2D eigenvalue weighted by molar-refractivity contribution is 5.83. The lowest BCUT2D eigenvalue weighted by molar-refractivity contribution is -0.143. The molecule has 2 saturated carbocycles. The Labute approximate surface area is 124 Å². The molecule has 1 amide bonds. The number of rotatable bonds is 5. The summed E-state index contributed by atoms with van der Waals surface area (Å²) in [7, 11) is 0.